The van der Waals surface area contributed by atoms with Gasteiger partial charge in [-0.05, 0) is 30.8 Å². The number of amides is 1. The van der Waals surface area contributed by atoms with Gasteiger partial charge < -0.3 is 10.2 Å². The molecule has 1 atom stereocenters. The maximum Gasteiger partial charge on any atom is 0.254 e. The highest BCUT2D eigenvalue weighted by Crippen LogP contribution is 2.11. The van der Waals surface area contributed by atoms with Gasteiger partial charge in [0.15, 0.2) is 0 Å². The Kier molecular flexibility index (Phi) is 3.38. The second-order valence-electron chi connectivity index (χ2n) is 3.99. The van der Waals surface area contributed by atoms with Crippen LogP contribution in [0, 0.1) is 0 Å². The van der Waals surface area contributed by atoms with E-state index in [4.69, 9.17) is 0 Å². The van der Waals surface area contributed by atoms with Gasteiger partial charge in [-0.3, -0.25) is 4.79 Å². The molecule has 1 aliphatic heterocycles. The van der Waals surface area contributed by atoms with Crippen molar-refractivity contribution in [2.75, 3.05) is 20.1 Å². The molecule has 1 amide bonds. The van der Waals surface area contributed by atoms with Crippen LogP contribution in [0.1, 0.15) is 23.2 Å². The zero-order chi connectivity index (χ0) is 10.7. The van der Waals surface area contributed by atoms with Crippen molar-refractivity contribution in [3.8, 4) is 0 Å². The molecule has 2 heterocycles. The van der Waals surface area contributed by atoms with Crippen molar-refractivity contribution in [1.82, 2.24) is 10.2 Å². The maximum absolute atomic E-state index is 11.9. The van der Waals surface area contributed by atoms with Crippen molar-refractivity contribution in [2.24, 2.45) is 0 Å². The molecule has 2 rings (SSSR count). The van der Waals surface area contributed by atoms with Gasteiger partial charge in [-0.15, -0.1) is 0 Å². The molecular formula is C11H16N2OS. The molecule has 0 radical (unpaired) electrons. The molecule has 82 valence electrons. The van der Waals surface area contributed by atoms with Crippen LogP contribution in [0.15, 0.2) is 16.8 Å². The minimum atomic E-state index is 0.130. The number of nitrogens with zero attached hydrogens (tertiary/aromatic N) is 1. The summed E-state index contributed by atoms with van der Waals surface area (Å²) in [5.41, 5.74) is 0.806. The summed E-state index contributed by atoms with van der Waals surface area (Å²) in [4.78, 5) is 13.7. The minimum Gasteiger partial charge on any atom is -0.340 e. The van der Waals surface area contributed by atoms with E-state index in [1.54, 1.807) is 11.3 Å². The van der Waals surface area contributed by atoms with Crippen LogP contribution in [0.3, 0.4) is 0 Å². The molecule has 1 N–H and O–H groups in total. The van der Waals surface area contributed by atoms with Gasteiger partial charge in [0.25, 0.3) is 5.91 Å². The average Bonchev–Trinajstić information content (AvgIpc) is 2.88. The first-order valence-electron chi connectivity index (χ1n) is 5.28. The topological polar surface area (TPSA) is 32.3 Å². The van der Waals surface area contributed by atoms with E-state index in [1.807, 2.05) is 28.8 Å². The molecule has 15 heavy (non-hydrogen) atoms. The van der Waals surface area contributed by atoms with E-state index in [2.05, 4.69) is 5.32 Å². The van der Waals surface area contributed by atoms with E-state index in [0.717, 1.165) is 18.7 Å². The Morgan fingerprint density at radius 1 is 1.73 bits per heavy atom. The summed E-state index contributed by atoms with van der Waals surface area (Å²) in [6.45, 7) is 1.90. The molecule has 4 heteroatoms. The van der Waals surface area contributed by atoms with E-state index >= 15 is 0 Å². The number of rotatable bonds is 3. The third kappa shape index (κ3) is 2.58. The van der Waals surface area contributed by atoms with E-state index in [9.17, 15) is 4.79 Å². The highest BCUT2D eigenvalue weighted by atomic mass is 32.1. The molecule has 1 fully saturated rings. The predicted molar refractivity (Wildman–Crippen MR) is 62.3 cm³/mol. The second-order valence-corrected chi connectivity index (χ2v) is 4.77. The first-order valence-corrected chi connectivity index (χ1v) is 6.22. The number of likely N-dealkylation sites (N-methyl/N-ethyl adjacent to an activating group) is 1. The SMILES string of the molecule is CN(C[C@H]1CCCN1)C(=O)c1ccsc1. The Balaban J connectivity index is 1.90. The standard InChI is InChI=1S/C11H16N2OS/c1-13(7-10-3-2-5-12-10)11(14)9-4-6-15-8-9/h4,6,8,10,12H,2-3,5,7H2,1H3/t10-/m1/s1. The summed E-state index contributed by atoms with van der Waals surface area (Å²) in [5, 5.41) is 7.24. The normalized spacial score (nSPS) is 20.5. The van der Waals surface area contributed by atoms with Gasteiger partial charge in [-0.2, -0.15) is 11.3 Å². The number of hydrogen-bond donors (Lipinski definition) is 1. The van der Waals surface area contributed by atoms with E-state index in [-0.39, 0.29) is 5.91 Å². The van der Waals surface area contributed by atoms with Crippen molar-refractivity contribution in [3.63, 3.8) is 0 Å². The summed E-state index contributed by atoms with van der Waals surface area (Å²) >= 11 is 1.56. The lowest BCUT2D eigenvalue weighted by atomic mass is 10.2. The molecule has 1 aromatic heterocycles. The van der Waals surface area contributed by atoms with Crippen LogP contribution in [0.4, 0.5) is 0 Å². The van der Waals surface area contributed by atoms with E-state index in [1.165, 1.54) is 12.8 Å². The zero-order valence-electron chi connectivity index (χ0n) is 8.90. The van der Waals surface area contributed by atoms with Crippen LogP contribution in [0.5, 0.6) is 0 Å². The Hall–Kier alpha value is -0.870. The lowest BCUT2D eigenvalue weighted by Gasteiger charge is -2.20. The number of nitrogens with one attached hydrogen (secondary N) is 1. The Labute approximate surface area is 94.1 Å². The van der Waals surface area contributed by atoms with Gasteiger partial charge in [0.05, 0.1) is 5.56 Å². The lowest BCUT2D eigenvalue weighted by Crippen LogP contribution is -2.38. The number of carbonyl (C=O) groups is 1. The third-order valence-electron chi connectivity index (χ3n) is 2.77. The second kappa shape index (κ2) is 4.77. The summed E-state index contributed by atoms with van der Waals surface area (Å²) in [6.07, 6.45) is 2.41. The van der Waals surface area contributed by atoms with Gasteiger partial charge >= 0.3 is 0 Å². The van der Waals surface area contributed by atoms with Crippen molar-refractivity contribution in [1.29, 1.82) is 0 Å². The van der Waals surface area contributed by atoms with Crippen LogP contribution in [0.2, 0.25) is 0 Å². The fourth-order valence-corrected chi connectivity index (χ4v) is 2.56. The summed E-state index contributed by atoms with van der Waals surface area (Å²) in [5.74, 6) is 0.130. The van der Waals surface area contributed by atoms with Gasteiger partial charge in [0, 0.05) is 25.0 Å². The number of carbonyl (C=O) groups excluding carboxylic acids is 1. The van der Waals surface area contributed by atoms with Crippen molar-refractivity contribution >= 4 is 17.2 Å². The zero-order valence-corrected chi connectivity index (χ0v) is 9.72. The van der Waals surface area contributed by atoms with Gasteiger partial charge in [0.2, 0.25) is 0 Å². The first-order chi connectivity index (χ1) is 7.27. The highest BCUT2D eigenvalue weighted by Gasteiger charge is 2.19. The van der Waals surface area contributed by atoms with Crippen LogP contribution < -0.4 is 5.32 Å². The van der Waals surface area contributed by atoms with Crippen LogP contribution >= 0.6 is 11.3 Å². The molecule has 0 aliphatic carbocycles. The highest BCUT2D eigenvalue weighted by molar-refractivity contribution is 7.08. The smallest absolute Gasteiger partial charge is 0.254 e. The van der Waals surface area contributed by atoms with Gasteiger partial charge in [-0.1, -0.05) is 0 Å². The van der Waals surface area contributed by atoms with Crippen molar-refractivity contribution in [2.45, 2.75) is 18.9 Å². The lowest BCUT2D eigenvalue weighted by molar-refractivity contribution is 0.0784. The molecule has 1 aromatic rings. The number of thiophene rings is 1. The fraction of sp³-hybridized carbons (Fsp3) is 0.545. The van der Waals surface area contributed by atoms with Crippen LogP contribution in [-0.2, 0) is 0 Å². The Morgan fingerprint density at radius 3 is 3.20 bits per heavy atom. The first kappa shape index (κ1) is 10.6. The summed E-state index contributed by atoms with van der Waals surface area (Å²) in [7, 11) is 1.88. The molecule has 0 saturated carbocycles. The maximum atomic E-state index is 11.9. The quantitative estimate of drug-likeness (QED) is 0.845. The van der Waals surface area contributed by atoms with Crippen molar-refractivity contribution < 1.29 is 4.79 Å². The predicted octanol–water partition coefficient (Wildman–Crippen LogP) is 1.57. The molecule has 0 spiro atoms. The molecule has 1 saturated heterocycles. The third-order valence-corrected chi connectivity index (χ3v) is 3.45. The van der Waals surface area contributed by atoms with Crippen molar-refractivity contribution in [3.05, 3.63) is 22.4 Å². The molecule has 1 aliphatic rings. The van der Waals surface area contributed by atoms with Crippen LogP contribution in [0.25, 0.3) is 0 Å². The monoisotopic (exact) mass is 224 g/mol. The molecular weight excluding hydrogens is 208 g/mol. The van der Waals surface area contributed by atoms with Crippen LogP contribution in [-0.4, -0.2) is 37.0 Å². The van der Waals surface area contributed by atoms with E-state index < -0.39 is 0 Å². The summed E-state index contributed by atoms with van der Waals surface area (Å²) < 4.78 is 0. The van der Waals surface area contributed by atoms with Gasteiger partial charge in [0.1, 0.15) is 0 Å². The Morgan fingerprint density at radius 2 is 2.60 bits per heavy atom. The Bertz CT molecular complexity index is 317. The average molecular weight is 224 g/mol. The fourth-order valence-electron chi connectivity index (χ4n) is 1.93. The number of hydrogen-bond acceptors (Lipinski definition) is 3. The minimum absolute atomic E-state index is 0.130. The molecule has 0 unspecified atom stereocenters. The van der Waals surface area contributed by atoms with E-state index in [0.29, 0.717) is 6.04 Å². The molecule has 3 nitrogen and oxygen atoms in total. The molecule has 0 aromatic carbocycles. The largest absolute Gasteiger partial charge is 0.340 e. The van der Waals surface area contributed by atoms with Gasteiger partial charge in [-0.25, -0.2) is 0 Å². The molecule has 0 bridgehead atoms. The summed E-state index contributed by atoms with van der Waals surface area (Å²) in [6, 6.07) is 2.36.